The molecule has 0 saturated carbocycles. The quantitative estimate of drug-likeness (QED) is 0.786. The number of nitrogens with zero attached hydrogens (tertiary/aromatic N) is 2. The molecule has 102 valence electrons. The average molecular weight is 306 g/mol. The fourth-order valence-corrected chi connectivity index (χ4v) is 3.15. The molecule has 5 nitrogen and oxygen atoms in total. The largest absolute Gasteiger partial charge is 0.486 e. The Morgan fingerprint density at radius 1 is 1.05 bits per heavy atom. The lowest BCUT2D eigenvalue weighted by Gasteiger charge is -2.02. The maximum atomic E-state index is 11.4. The predicted molar refractivity (Wildman–Crippen MR) is 77.6 cm³/mol. The van der Waals surface area contributed by atoms with Crippen LogP contribution in [0.5, 0.6) is 5.19 Å². The molecule has 2 heterocycles. The number of benzene rings is 1. The SMILES string of the molecule is CS(=O)(=O)c1ccc(-c2ccc3nc(O)sc3n2)cc1. The molecule has 0 aliphatic rings. The van der Waals surface area contributed by atoms with Crippen molar-refractivity contribution in [2.75, 3.05) is 6.26 Å². The zero-order valence-corrected chi connectivity index (χ0v) is 12.1. The first-order chi connectivity index (χ1) is 9.43. The molecule has 0 spiro atoms. The van der Waals surface area contributed by atoms with Gasteiger partial charge in [0.05, 0.1) is 10.6 Å². The summed E-state index contributed by atoms with van der Waals surface area (Å²) in [6.07, 6.45) is 1.17. The van der Waals surface area contributed by atoms with Crippen LogP contribution in [0, 0.1) is 0 Å². The van der Waals surface area contributed by atoms with Crippen LogP contribution in [-0.2, 0) is 9.84 Å². The van der Waals surface area contributed by atoms with Crippen LogP contribution in [0.2, 0.25) is 0 Å². The Morgan fingerprint density at radius 3 is 2.40 bits per heavy atom. The third-order valence-corrected chi connectivity index (χ3v) is 4.72. The van der Waals surface area contributed by atoms with Gasteiger partial charge < -0.3 is 5.11 Å². The van der Waals surface area contributed by atoms with Gasteiger partial charge in [-0.15, -0.1) is 0 Å². The van der Waals surface area contributed by atoms with E-state index < -0.39 is 9.84 Å². The first kappa shape index (κ1) is 13.0. The molecule has 0 atom stereocenters. The van der Waals surface area contributed by atoms with Crippen LogP contribution >= 0.6 is 11.3 Å². The second-order valence-electron chi connectivity index (χ2n) is 4.31. The summed E-state index contributed by atoms with van der Waals surface area (Å²) in [5.74, 6) is 0. The fourth-order valence-electron chi connectivity index (χ4n) is 1.84. The van der Waals surface area contributed by atoms with E-state index in [4.69, 9.17) is 0 Å². The molecule has 0 radical (unpaired) electrons. The maximum Gasteiger partial charge on any atom is 0.273 e. The van der Waals surface area contributed by atoms with Crippen molar-refractivity contribution in [2.45, 2.75) is 4.90 Å². The zero-order valence-electron chi connectivity index (χ0n) is 10.4. The van der Waals surface area contributed by atoms with Crippen LogP contribution < -0.4 is 0 Å². The number of fused-ring (bicyclic) bond motifs is 1. The molecular weight excluding hydrogens is 296 g/mol. The normalized spacial score (nSPS) is 11.8. The van der Waals surface area contributed by atoms with Crippen molar-refractivity contribution in [3.05, 3.63) is 36.4 Å². The minimum atomic E-state index is -3.19. The summed E-state index contributed by atoms with van der Waals surface area (Å²) in [6.45, 7) is 0. The molecule has 20 heavy (non-hydrogen) atoms. The third-order valence-electron chi connectivity index (χ3n) is 2.82. The Morgan fingerprint density at radius 2 is 1.75 bits per heavy atom. The summed E-state index contributed by atoms with van der Waals surface area (Å²) in [6, 6.07) is 10.1. The van der Waals surface area contributed by atoms with Gasteiger partial charge in [0.2, 0.25) is 0 Å². The number of rotatable bonds is 2. The van der Waals surface area contributed by atoms with Crippen LogP contribution in [0.25, 0.3) is 21.6 Å². The van der Waals surface area contributed by atoms with Gasteiger partial charge in [-0.3, -0.25) is 0 Å². The minimum Gasteiger partial charge on any atom is -0.486 e. The van der Waals surface area contributed by atoms with E-state index >= 15 is 0 Å². The number of hydrogen-bond acceptors (Lipinski definition) is 6. The molecule has 0 aliphatic carbocycles. The van der Waals surface area contributed by atoms with E-state index in [9.17, 15) is 13.5 Å². The molecule has 0 aliphatic heterocycles. The van der Waals surface area contributed by atoms with Crippen LogP contribution in [0.4, 0.5) is 0 Å². The summed E-state index contributed by atoms with van der Waals surface area (Å²) >= 11 is 1.11. The Labute approximate surface area is 119 Å². The molecule has 0 unspecified atom stereocenters. The molecule has 7 heteroatoms. The molecule has 0 bridgehead atoms. The molecule has 1 aromatic carbocycles. The van der Waals surface area contributed by atoms with Crippen LogP contribution in [0.1, 0.15) is 0 Å². The lowest BCUT2D eigenvalue weighted by Crippen LogP contribution is -1.96. The molecule has 3 aromatic rings. The van der Waals surface area contributed by atoms with Gasteiger partial charge in [0.25, 0.3) is 5.19 Å². The van der Waals surface area contributed by atoms with Crippen molar-refractivity contribution >= 4 is 31.5 Å². The molecular formula is C13H10N2O3S2. The van der Waals surface area contributed by atoms with Crippen molar-refractivity contribution in [3.63, 3.8) is 0 Å². The topological polar surface area (TPSA) is 80.2 Å². The molecule has 3 rings (SSSR count). The van der Waals surface area contributed by atoms with E-state index in [0.29, 0.717) is 16.0 Å². The van der Waals surface area contributed by atoms with Crippen molar-refractivity contribution < 1.29 is 13.5 Å². The Bertz CT molecular complexity index is 884. The highest BCUT2D eigenvalue weighted by Crippen LogP contribution is 2.28. The van der Waals surface area contributed by atoms with E-state index in [0.717, 1.165) is 16.9 Å². The smallest absolute Gasteiger partial charge is 0.273 e. The highest BCUT2D eigenvalue weighted by Gasteiger charge is 2.09. The number of hydrogen-bond donors (Lipinski definition) is 1. The second-order valence-corrected chi connectivity index (χ2v) is 7.29. The molecule has 0 fully saturated rings. The Balaban J connectivity index is 2.06. The van der Waals surface area contributed by atoms with Gasteiger partial charge in [0.15, 0.2) is 9.84 Å². The summed E-state index contributed by atoms with van der Waals surface area (Å²) in [7, 11) is -3.19. The summed E-state index contributed by atoms with van der Waals surface area (Å²) in [4.78, 5) is 9.25. The van der Waals surface area contributed by atoms with Crippen molar-refractivity contribution in [1.82, 2.24) is 9.97 Å². The van der Waals surface area contributed by atoms with Gasteiger partial charge in [0.1, 0.15) is 10.3 Å². The Kier molecular flexibility index (Phi) is 2.95. The van der Waals surface area contributed by atoms with Crippen LogP contribution in [0.3, 0.4) is 0 Å². The molecule has 1 N–H and O–H groups in total. The van der Waals surface area contributed by atoms with Gasteiger partial charge >= 0.3 is 0 Å². The van der Waals surface area contributed by atoms with E-state index in [1.165, 1.54) is 6.26 Å². The van der Waals surface area contributed by atoms with Crippen molar-refractivity contribution in [1.29, 1.82) is 0 Å². The Hall–Kier alpha value is -1.99. The monoisotopic (exact) mass is 306 g/mol. The van der Waals surface area contributed by atoms with Crippen LogP contribution in [0.15, 0.2) is 41.3 Å². The number of pyridine rings is 1. The third kappa shape index (κ3) is 2.37. The summed E-state index contributed by atoms with van der Waals surface area (Å²) in [5, 5.41) is 9.33. The average Bonchev–Trinajstić information content (AvgIpc) is 2.77. The predicted octanol–water partition coefficient (Wildman–Crippen LogP) is 2.47. The number of sulfone groups is 1. The first-order valence-electron chi connectivity index (χ1n) is 5.70. The lowest BCUT2D eigenvalue weighted by molar-refractivity contribution is 0.472. The van der Waals surface area contributed by atoms with Gasteiger partial charge in [0, 0.05) is 11.8 Å². The number of thiazole rings is 1. The molecule has 0 amide bonds. The standard InChI is InChI=1S/C13H10N2O3S2/c1-20(17,18)9-4-2-8(3-5-9)10-6-7-11-12(14-10)19-13(16)15-11/h2-7H,1H3,(H,15,16). The number of aromatic nitrogens is 2. The summed E-state index contributed by atoms with van der Waals surface area (Å²) < 4.78 is 22.8. The van der Waals surface area contributed by atoms with E-state index in [-0.39, 0.29) is 10.1 Å². The minimum absolute atomic E-state index is 0.0166. The molecule has 0 saturated heterocycles. The van der Waals surface area contributed by atoms with E-state index in [2.05, 4.69) is 9.97 Å². The highest BCUT2D eigenvalue weighted by molar-refractivity contribution is 7.90. The lowest BCUT2D eigenvalue weighted by atomic mass is 10.1. The van der Waals surface area contributed by atoms with Crippen molar-refractivity contribution in [2.24, 2.45) is 0 Å². The maximum absolute atomic E-state index is 11.4. The molecule has 2 aromatic heterocycles. The van der Waals surface area contributed by atoms with Gasteiger partial charge in [-0.25, -0.2) is 18.4 Å². The fraction of sp³-hybridized carbons (Fsp3) is 0.0769. The van der Waals surface area contributed by atoms with Gasteiger partial charge in [-0.2, -0.15) is 0 Å². The van der Waals surface area contributed by atoms with Crippen LogP contribution in [-0.4, -0.2) is 29.7 Å². The highest BCUT2D eigenvalue weighted by atomic mass is 32.2. The van der Waals surface area contributed by atoms with Gasteiger partial charge in [-0.05, 0) is 24.3 Å². The number of aromatic hydroxyl groups is 1. The summed E-state index contributed by atoms with van der Waals surface area (Å²) in [5.41, 5.74) is 2.16. The van der Waals surface area contributed by atoms with Gasteiger partial charge in [-0.1, -0.05) is 23.5 Å². The van der Waals surface area contributed by atoms with Crippen molar-refractivity contribution in [3.8, 4) is 16.5 Å². The first-order valence-corrected chi connectivity index (χ1v) is 8.41. The zero-order chi connectivity index (χ0) is 14.3. The second kappa shape index (κ2) is 4.53. The van der Waals surface area contributed by atoms with E-state index in [1.54, 1.807) is 36.4 Å². The van der Waals surface area contributed by atoms with E-state index in [1.807, 2.05) is 0 Å².